The van der Waals surface area contributed by atoms with Gasteiger partial charge in [0.05, 0.1) is 23.0 Å². The Morgan fingerprint density at radius 1 is 0.450 bits per heavy atom. The molecule has 0 amide bonds. The van der Waals surface area contributed by atoms with E-state index in [1.165, 1.54) is 87.6 Å². The van der Waals surface area contributed by atoms with Crippen molar-refractivity contribution in [3.63, 3.8) is 0 Å². The zero-order valence-corrected chi connectivity index (χ0v) is 40.4. The summed E-state index contributed by atoms with van der Waals surface area (Å²) in [7, 11) is 11.2. The second-order valence-electron chi connectivity index (χ2n) is 16.0. The molecular weight excluding hydrogens is 871 g/mol. The first-order chi connectivity index (χ1) is 28.9. The number of aryl methyl sites for hydroxylation is 6. The van der Waals surface area contributed by atoms with Crippen LogP contribution in [0.4, 0.5) is 0 Å². The van der Waals surface area contributed by atoms with Gasteiger partial charge in [-0.2, -0.15) is 0 Å². The van der Waals surface area contributed by atoms with Crippen molar-refractivity contribution in [1.82, 2.24) is 0 Å². The third kappa shape index (κ3) is 8.46. The molecule has 0 unspecified atom stereocenters. The van der Waals surface area contributed by atoms with Gasteiger partial charge in [-0.05, 0) is 109 Å². The van der Waals surface area contributed by atoms with Crippen LogP contribution in [0.5, 0.6) is 0 Å². The van der Waals surface area contributed by atoms with Crippen molar-refractivity contribution < 1.29 is 26.8 Å². The van der Waals surface area contributed by atoms with Gasteiger partial charge >= 0.3 is 53.5 Å². The van der Waals surface area contributed by atoms with E-state index in [1.807, 2.05) is 13.8 Å². The van der Waals surface area contributed by atoms with Crippen LogP contribution in [0, 0.1) is 41.5 Å². The Kier molecular flexibility index (Phi) is 12.4. The van der Waals surface area contributed by atoms with Gasteiger partial charge in [-0.25, -0.2) is 0 Å². The Morgan fingerprint density at radius 2 is 0.833 bits per heavy atom. The van der Waals surface area contributed by atoms with Crippen LogP contribution in [0.15, 0.2) is 154 Å². The van der Waals surface area contributed by atoms with Gasteiger partial charge in [0, 0.05) is 0 Å². The first-order valence-electron chi connectivity index (χ1n) is 20.4. The number of furan rings is 2. The topological polar surface area (TPSA) is 26.3 Å². The fourth-order valence-corrected chi connectivity index (χ4v) is 8.10. The van der Waals surface area contributed by atoms with Gasteiger partial charge in [0.1, 0.15) is 0 Å². The Bertz CT molecular complexity index is 2950. The van der Waals surface area contributed by atoms with Crippen molar-refractivity contribution >= 4 is 65.5 Å². The van der Waals surface area contributed by atoms with Crippen molar-refractivity contribution in [1.29, 1.82) is 0 Å². The van der Waals surface area contributed by atoms with Crippen LogP contribution >= 0.6 is 17.0 Å². The Labute approximate surface area is 368 Å². The van der Waals surface area contributed by atoms with Crippen LogP contribution in [-0.2, 0) is 18.0 Å². The summed E-state index contributed by atoms with van der Waals surface area (Å²) in [6.07, 6.45) is 0. The number of fused-ring (bicyclic) bond motifs is 4. The summed E-state index contributed by atoms with van der Waals surface area (Å²) >= 11 is -1.65. The fourth-order valence-electron chi connectivity index (χ4n) is 8.10. The van der Waals surface area contributed by atoms with E-state index >= 15 is 0 Å². The predicted octanol–water partition coefficient (Wildman–Crippen LogP) is 17.3. The van der Waals surface area contributed by atoms with E-state index in [-0.39, 0.29) is 5.43 Å². The minimum Gasteiger partial charge on any atom is -0.496 e. The Balaban J connectivity index is 0.000000147. The number of rotatable bonds is 4. The van der Waals surface area contributed by atoms with Crippen LogP contribution in [0.3, 0.4) is 0 Å². The van der Waals surface area contributed by atoms with Gasteiger partial charge in [-0.3, -0.25) is 0 Å². The molecule has 10 aromatic rings. The first-order valence-corrected chi connectivity index (χ1v) is 32.9. The van der Waals surface area contributed by atoms with Crippen LogP contribution in [-0.4, -0.2) is 5.43 Å². The molecule has 0 aliphatic heterocycles. The van der Waals surface area contributed by atoms with E-state index in [0.717, 1.165) is 34.2 Å². The van der Waals surface area contributed by atoms with Crippen LogP contribution < -0.4 is 0 Å². The molecule has 0 bridgehead atoms. The number of halogens is 2. The van der Waals surface area contributed by atoms with E-state index in [0.29, 0.717) is 0 Å². The minimum atomic E-state index is -1.65. The number of hydrogen-bond donors (Lipinski definition) is 0. The van der Waals surface area contributed by atoms with Crippen LogP contribution in [0.2, 0.25) is 13.1 Å². The first kappa shape index (κ1) is 42.0. The maximum atomic E-state index is 5.98. The molecule has 2 nitrogen and oxygen atoms in total. The van der Waals surface area contributed by atoms with E-state index < -0.39 is 18.0 Å². The smallest absolute Gasteiger partial charge is 0.0925 e. The number of hydrogen-bond acceptors (Lipinski definition) is 2. The molecule has 0 fully saturated rings. The molecule has 0 N–H and O–H groups in total. The van der Waals surface area contributed by atoms with Gasteiger partial charge in [0.25, 0.3) is 0 Å². The van der Waals surface area contributed by atoms with Crippen molar-refractivity contribution in [2.75, 3.05) is 0 Å². The minimum absolute atomic E-state index is 0.224. The molecule has 0 aliphatic rings. The summed E-state index contributed by atoms with van der Waals surface area (Å²) in [5.41, 5.74) is 12.3. The summed E-state index contributed by atoms with van der Waals surface area (Å²) in [6.45, 7) is 17.0. The zero-order valence-electron chi connectivity index (χ0n) is 35.4. The molecule has 2 aromatic heterocycles. The maximum absolute atomic E-state index is 5.98. The summed E-state index contributed by atoms with van der Waals surface area (Å²) in [4.78, 5) is 0. The largest absolute Gasteiger partial charge is 0.496 e. The third-order valence-electron chi connectivity index (χ3n) is 11.6. The molecule has 0 saturated heterocycles. The fraction of sp³-hybridized carbons (Fsp3) is 0.148. The zero-order chi connectivity index (χ0) is 42.2. The molecule has 8 aromatic carbocycles. The van der Waals surface area contributed by atoms with E-state index in [2.05, 4.69) is 186 Å². The second-order valence-corrected chi connectivity index (χ2v) is 39.0. The summed E-state index contributed by atoms with van der Waals surface area (Å²) < 4.78 is 12.0. The molecule has 0 aliphatic carbocycles. The molecule has 300 valence electrons. The predicted molar refractivity (Wildman–Crippen MR) is 258 cm³/mol. The summed E-state index contributed by atoms with van der Waals surface area (Å²) in [6, 6.07) is 52.5. The second kappa shape index (κ2) is 17.7. The molecule has 0 radical (unpaired) electrons. The van der Waals surface area contributed by atoms with Gasteiger partial charge in [0.2, 0.25) is 0 Å². The van der Waals surface area contributed by atoms with Gasteiger partial charge in [-0.15, -0.1) is 57.9 Å². The van der Waals surface area contributed by atoms with Crippen molar-refractivity contribution in [2.45, 2.75) is 54.6 Å². The summed E-state index contributed by atoms with van der Waals surface area (Å²) in [5, 5.41) is 10.2. The molecular formula is C54H48Cl2O2SiZr-2. The maximum Gasteiger partial charge on any atom is 0.0925 e. The van der Waals surface area contributed by atoms with E-state index in [1.54, 1.807) is 0 Å². The Hall–Kier alpha value is -4.70. The molecule has 2 heterocycles. The molecule has 0 saturated carbocycles. The van der Waals surface area contributed by atoms with Crippen molar-refractivity contribution in [2.24, 2.45) is 0 Å². The van der Waals surface area contributed by atoms with Crippen molar-refractivity contribution in [3.8, 4) is 44.9 Å². The standard InChI is InChI=1S/2C26H21O.C2H6Si.2ClH.Zr/c2*1-16-11-12-20-14-21(25-13-17(2)18(3)27-25)15-24(20)26(16)23-10-6-8-19-7-4-5-9-22(19)23;1-3-2;;;/h2*4-15H,1-3H3;1-2H3;2*1H;/q2*-1;;;;+2/p-2. The average molecular weight is 919 g/mol. The normalized spacial score (nSPS) is 11.2. The number of benzene rings is 6. The molecule has 10 rings (SSSR count). The molecule has 6 heteroatoms. The monoisotopic (exact) mass is 916 g/mol. The third-order valence-corrected chi connectivity index (χ3v) is 31.3. The van der Waals surface area contributed by atoms with E-state index in [9.17, 15) is 0 Å². The van der Waals surface area contributed by atoms with Crippen LogP contribution in [0.1, 0.15) is 33.8 Å². The quantitative estimate of drug-likeness (QED) is 0.130. The molecule has 0 spiro atoms. The van der Waals surface area contributed by atoms with Crippen LogP contribution in [0.25, 0.3) is 88.0 Å². The van der Waals surface area contributed by atoms with Gasteiger partial charge in [0.15, 0.2) is 0 Å². The average Bonchev–Trinajstić information content (AvgIpc) is 4.03. The molecule has 60 heavy (non-hydrogen) atoms. The molecule has 0 atom stereocenters. The van der Waals surface area contributed by atoms with Crippen molar-refractivity contribution in [3.05, 3.63) is 179 Å². The van der Waals surface area contributed by atoms with Gasteiger partial charge in [-0.1, -0.05) is 119 Å². The summed E-state index contributed by atoms with van der Waals surface area (Å²) in [5.74, 6) is 3.87. The van der Waals surface area contributed by atoms with Gasteiger partial charge < -0.3 is 8.83 Å². The SMILES string of the molecule is C[Si](C)=[Zr]([Cl])[Cl].Cc1cc(-c2cc3c(-c4cccc5ccccc45)c(C)ccc3[cH-]2)oc1C.Cc1cc(-c2cc3c(-c4cccc5ccccc45)c(C)ccc3[cH-]2)oc1C. The van der Waals surface area contributed by atoms with E-state index in [4.69, 9.17) is 25.9 Å². The Morgan fingerprint density at radius 3 is 1.20 bits per heavy atom.